The summed E-state index contributed by atoms with van der Waals surface area (Å²) in [4.78, 5) is 23.9. The maximum atomic E-state index is 12.9. The highest BCUT2D eigenvalue weighted by Gasteiger charge is 2.53. The smallest absolute Gasteiger partial charge is 0.394 e. The zero-order chi connectivity index (χ0) is 16.7. The SMILES string of the molecule is CC(C)[C@@H]1C[C@H]1CNC(=O)N1C[C@@H](C(F)(F)F)[C@H](C(=O)O)C1. The van der Waals surface area contributed by atoms with Crippen LogP contribution in [0.4, 0.5) is 18.0 Å². The van der Waals surface area contributed by atoms with E-state index in [0.29, 0.717) is 24.3 Å². The largest absolute Gasteiger partial charge is 0.481 e. The molecule has 1 aliphatic carbocycles. The molecule has 0 aromatic carbocycles. The third-order valence-corrected chi connectivity index (χ3v) is 4.69. The van der Waals surface area contributed by atoms with Crippen LogP contribution < -0.4 is 5.32 Å². The molecule has 2 fully saturated rings. The minimum absolute atomic E-state index is 0.375. The van der Waals surface area contributed by atoms with Gasteiger partial charge in [-0.3, -0.25) is 4.79 Å². The van der Waals surface area contributed by atoms with Gasteiger partial charge in [0.15, 0.2) is 0 Å². The lowest BCUT2D eigenvalue weighted by atomic mass is 9.96. The molecule has 0 radical (unpaired) electrons. The summed E-state index contributed by atoms with van der Waals surface area (Å²) < 4.78 is 38.6. The van der Waals surface area contributed by atoms with Crippen LogP contribution in [0.15, 0.2) is 0 Å². The summed E-state index contributed by atoms with van der Waals surface area (Å²) in [5.41, 5.74) is 0. The summed E-state index contributed by atoms with van der Waals surface area (Å²) in [6, 6.07) is -0.604. The number of rotatable bonds is 4. The number of carbonyl (C=O) groups excluding carboxylic acids is 1. The first-order chi connectivity index (χ1) is 10.1. The van der Waals surface area contributed by atoms with E-state index >= 15 is 0 Å². The number of halogens is 3. The quantitative estimate of drug-likeness (QED) is 0.833. The molecular weight excluding hydrogens is 301 g/mol. The van der Waals surface area contributed by atoms with Crippen molar-refractivity contribution in [2.24, 2.45) is 29.6 Å². The van der Waals surface area contributed by atoms with E-state index in [9.17, 15) is 22.8 Å². The topological polar surface area (TPSA) is 69.6 Å². The van der Waals surface area contributed by atoms with Crippen LogP contribution in [0.25, 0.3) is 0 Å². The van der Waals surface area contributed by atoms with Gasteiger partial charge in [0.25, 0.3) is 0 Å². The van der Waals surface area contributed by atoms with Gasteiger partial charge >= 0.3 is 18.2 Å². The number of carboxylic acids is 1. The molecule has 0 aromatic rings. The van der Waals surface area contributed by atoms with Crippen LogP contribution >= 0.6 is 0 Å². The van der Waals surface area contributed by atoms with Crippen molar-refractivity contribution in [3.8, 4) is 0 Å². The molecule has 1 saturated carbocycles. The third-order valence-electron chi connectivity index (χ3n) is 4.69. The molecule has 1 aliphatic heterocycles. The Bertz CT molecular complexity index is 453. The molecule has 2 amide bonds. The van der Waals surface area contributed by atoms with Crippen molar-refractivity contribution in [3.05, 3.63) is 0 Å². The number of nitrogens with zero attached hydrogens (tertiary/aromatic N) is 1. The van der Waals surface area contributed by atoms with Crippen molar-refractivity contribution in [3.63, 3.8) is 0 Å². The van der Waals surface area contributed by atoms with Gasteiger partial charge in [0.1, 0.15) is 0 Å². The molecule has 126 valence electrons. The first kappa shape index (κ1) is 16.9. The lowest BCUT2D eigenvalue weighted by Gasteiger charge is -2.18. The van der Waals surface area contributed by atoms with E-state index in [1.165, 1.54) is 0 Å². The summed E-state index contributed by atoms with van der Waals surface area (Å²) in [7, 11) is 0. The third kappa shape index (κ3) is 3.64. The minimum Gasteiger partial charge on any atom is -0.481 e. The predicted octanol–water partition coefficient (Wildman–Crippen LogP) is 2.18. The maximum Gasteiger partial charge on any atom is 0.394 e. The van der Waals surface area contributed by atoms with Crippen LogP contribution in [0.3, 0.4) is 0 Å². The molecule has 2 rings (SSSR count). The molecule has 2 N–H and O–H groups in total. The Labute approximate surface area is 126 Å². The van der Waals surface area contributed by atoms with Gasteiger partial charge in [0, 0.05) is 19.6 Å². The number of alkyl halides is 3. The molecular formula is C14H21F3N2O3. The molecule has 0 spiro atoms. The molecule has 0 aromatic heterocycles. The number of carboxylic acid groups (broad SMARTS) is 1. The molecule has 8 heteroatoms. The van der Waals surface area contributed by atoms with E-state index in [0.717, 1.165) is 11.3 Å². The second kappa shape index (κ2) is 5.96. The molecule has 1 heterocycles. The number of urea groups is 1. The second-order valence-electron chi connectivity index (χ2n) is 6.59. The summed E-state index contributed by atoms with van der Waals surface area (Å²) in [6.07, 6.45) is -3.60. The monoisotopic (exact) mass is 322 g/mol. The summed E-state index contributed by atoms with van der Waals surface area (Å²) in [5.74, 6) is -3.65. The Morgan fingerprint density at radius 1 is 1.32 bits per heavy atom. The van der Waals surface area contributed by atoms with Crippen molar-refractivity contribution in [1.82, 2.24) is 10.2 Å². The summed E-state index contributed by atoms with van der Waals surface area (Å²) in [5, 5.41) is 11.5. The van der Waals surface area contributed by atoms with Crippen LogP contribution in [0.5, 0.6) is 0 Å². The van der Waals surface area contributed by atoms with Gasteiger partial charge in [0.2, 0.25) is 0 Å². The number of hydrogen-bond donors (Lipinski definition) is 2. The number of aliphatic carboxylic acids is 1. The summed E-state index contributed by atoms with van der Waals surface area (Å²) in [6.45, 7) is 3.64. The highest BCUT2D eigenvalue weighted by Crippen LogP contribution is 2.43. The molecule has 0 bridgehead atoms. The highest BCUT2D eigenvalue weighted by atomic mass is 19.4. The van der Waals surface area contributed by atoms with Gasteiger partial charge in [-0.2, -0.15) is 13.2 Å². The molecule has 1 saturated heterocycles. The average molecular weight is 322 g/mol. The number of nitrogens with one attached hydrogen (secondary N) is 1. The number of carbonyl (C=O) groups is 2. The van der Waals surface area contributed by atoms with E-state index in [1.54, 1.807) is 0 Å². The number of amides is 2. The molecule has 22 heavy (non-hydrogen) atoms. The summed E-state index contributed by atoms with van der Waals surface area (Å²) >= 11 is 0. The fourth-order valence-corrected chi connectivity index (χ4v) is 3.20. The fourth-order valence-electron chi connectivity index (χ4n) is 3.20. The second-order valence-corrected chi connectivity index (χ2v) is 6.59. The zero-order valence-corrected chi connectivity index (χ0v) is 12.6. The standard InChI is InChI=1S/C14H21F3N2O3/c1-7(2)9-3-8(9)4-18-13(22)19-5-10(12(20)21)11(6-19)14(15,16)17/h7-11H,3-6H2,1-2H3,(H,18,22)(H,20,21)/t8-,9-,10+,11+/m0/s1. The van der Waals surface area contributed by atoms with E-state index in [-0.39, 0.29) is 0 Å². The molecule has 0 unspecified atom stereocenters. The number of hydrogen-bond acceptors (Lipinski definition) is 2. The Balaban J connectivity index is 1.87. The predicted molar refractivity (Wildman–Crippen MR) is 72.1 cm³/mol. The lowest BCUT2D eigenvalue weighted by molar-refractivity contribution is -0.187. The average Bonchev–Trinajstić information content (AvgIpc) is 3.01. The first-order valence-corrected chi connectivity index (χ1v) is 7.43. The maximum absolute atomic E-state index is 12.9. The van der Waals surface area contributed by atoms with Crippen LogP contribution in [0, 0.1) is 29.6 Å². The minimum atomic E-state index is -4.61. The van der Waals surface area contributed by atoms with Gasteiger partial charge in [-0.05, 0) is 24.2 Å². The van der Waals surface area contributed by atoms with Crippen LogP contribution in [0.1, 0.15) is 20.3 Å². The van der Waals surface area contributed by atoms with Gasteiger partial charge in [0.05, 0.1) is 11.8 Å². The van der Waals surface area contributed by atoms with Crippen LogP contribution in [-0.4, -0.2) is 47.8 Å². The van der Waals surface area contributed by atoms with Crippen molar-refractivity contribution in [2.75, 3.05) is 19.6 Å². The normalized spacial score (nSPS) is 31.5. The van der Waals surface area contributed by atoms with Gasteiger partial charge < -0.3 is 15.3 Å². The Hall–Kier alpha value is -1.47. The lowest BCUT2D eigenvalue weighted by Crippen LogP contribution is -2.40. The van der Waals surface area contributed by atoms with E-state index in [1.807, 2.05) is 0 Å². The van der Waals surface area contributed by atoms with Gasteiger partial charge in [-0.25, -0.2) is 4.79 Å². The van der Waals surface area contributed by atoms with Gasteiger partial charge in [-0.1, -0.05) is 13.8 Å². The van der Waals surface area contributed by atoms with Crippen molar-refractivity contribution in [1.29, 1.82) is 0 Å². The fraction of sp³-hybridized carbons (Fsp3) is 0.857. The molecule has 5 nitrogen and oxygen atoms in total. The highest BCUT2D eigenvalue weighted by molar-refractivity contribution is 5.77. The Kier molecular flexibility index (Phi) is 4.58. The Morgan fingerprint density at radius 3 is 2.36 bits per heavy atom. The molecule has 4 atom stereocenters. The molecule has 2 aliphatic rings. The van der Waals surface area contributed by atoms with E-state index in [2.05, 4.69) is 19.2 Å². The van der Waals surface area contributed by atoms with Crippen molar-refractivity contribution >= 4 is 12.0 Å². The van der Waals surface area contributed by atoms with E-state index < -0.39 is 43.1 Å². The Morgan fingerprint density at radius 2 is 1.95 bits per heavy atom. The van der Waals surface area contributed by atoms with Crippen molar-refractivity contribution in [2.45, 2.75) is 26.4 Å². The van der Waals surface area contributed by atoms with Gasteiger partial charge in [-0.15, -0.1) is 0 Å². The number of likely N-dealkylation sites (tertiary alicyclic amines) is 1. The van der Waals surface area contributed by atoms with Crippen LogP contribution in [0.2, 0.25) is 0 Å². The van der Waals surface area contributed by atoms with Crippen LogP contribution in [-0.2, 0) is 4.79 Å². The zero-order valence-electron chi connectivity index (χ0n) is 12.6. The first-order valence-electron chi connectivity index (χ1n) is 7.43. The van der Waals surface area contributed by atoms with Crippen molar-refractivity contribution < 1.29 is 27.9 Å². The van der Waals surface area contributed by atoms with E-state index in [4.69, 9.17) is 5.11 Å².